The Bertz CT molecular complexity index is 939. The van der Waals surface area contributed by atoms with Crippen LogP contribution in [0.2, 0.25) is 0 Å². The number of halogens is 1. The van der Waals surface area contributed by atoms with Crippen LogP contribution in [0.5, 0.6) is 0 Å². The van der Waals surface area contributed by atoms with Crippen molar-refractivity contribution in [3.05, 3.63) is 52.0 Å². The molecule has 0 saturated carbocycles. The Kier molecular flexibility index (Phi) is 5.26. The standard InChI is InChI=1S/C16H13FN2O4S3/c17-11-3-1-10(2-4-11)7-13-15(21)19(16(24)25-13)8-14(20)18-12-5-6-26(22,23)9-12/h1-7,12H,8-9H2,(H,18,20)/b13-7-/t12-/m0/s1. The molecule has 136 valence electrons. The summed E-state index contributed by atoms with van der Waals surface area (Å²) in [5.74, 6) is -1.50. The molecule has 2 aliphatic rings. The number of nitrogens with one attached hydrogen (secondary N) is 1. The lowest BCUT2D eigenvalue weighted by Gasteiger charge is -2.16. The molecule has 10 heteroatoms. The number of rotatable bonds is 4. The molecule has 1 fully saturated rings. The van der Waals surface area contributed by atoms with Gasteiger partial charge in [-0.15, -0.1) is 0 Å². The molecule has 0 aromatic heterocycles. The summed E-state index contributed by atoms with van der Waals surface area (Å²) in [5.41, 5.74) is 0.637. The average Bonchev–Trinajstić information content (AvgIpc) is 3.03. The second-order valence-corrected chi connectivity index (χ2v) is 9.26. The minimum atomic E-state index is -3.28. The van der Waals surface area contributed by atoms with Gasteiger partial charge in [0.15, 0.2) is 9.84 Å². The van der Waals surface area contributed by atoms with Crippen molar-refractivity contribution in [2.24, 2.45) is 0 Å². The fourth-order valence-electron chi connectivity index (χ4n) is 2.41. The summed E-state index contributed by atoms with van der Waals surface area (Å²) < 4.78 is 35.9. The molecule has 0 aliphatic carbocycles. The van der Waals surface area contributed by atoms with Crippen LogP contribution in [0, 0.1) is 5.82 Å². The molecule has 1 aromatic carbocycles. The Labute approximate surface area is 159 Å². The van der Waals surface area contributed by atoms with Gasteiger partial charge in [0, 0.05) is 5.41 Å². The van der Waals surface area contributed by atoms with Crippen LogP contribution in [0.15, 0.2) is 40.7 Å². The van der Waals surface area contributed by atoms with E-state index in [4.69, 9.17) is 12.2 Å². The topological polar surface area (TPSA) is 83.6 Å². The Balaban J connectivity index is 1.64. The number of thiocarbonyl (C=S) groups is 1. The predicted octanol–water partition coefficient (Wildman–Crippen LogP) is 1.45. The van der Waals surface area contributed by atoms with Gasteiger partial charge in [-0.05, 0) is 29.8 Å². The monoisotopic (exact) mass is 412 g/mol. The van der Waals surface area contributed by atoms with Crippen molar-refractivity contribution in [1.82, 2.24) is 10.2 Å². The van der Waals surface area contributed by atoms with Crippen molar-refractivity contribution in [1.29, 1.82) is 0 Å². The third-order valence-electron chi connectivity index (χ3n) is 3.62. The zero-order valence-electron chi connectivity index (χ0n) is 13.2. The van der Waals surface area contributed by atoms with Gasteiger partial charge in [0.05, 0.1) is 16.7 Å². The lowest BCUT2D eigenvalue weighted by molar-refractivity contribution is -0.128. The highest BCUT2D eigenvalue weighted by Crippen LogP contribution is 2.32. The van der Waals surface area contributed by atoms with Crippen molar-refractivity contribution in [2.45, 2.75) is 6.04 Å². The molecule has 6 nitrogen and oxygen atoms in total. The molecule has 1 saturated heterocycles. The molecule has 2 amide bonds. The molecule has 26 heavy (non-hydrogen) atoms. The van der Waals surface area contributed by atoms with Gasteiger partial charge in [0.1, 0.15) is 16.7 Å². The highest BCUT2D eigenvalue weighted by molar-refractivity contribution is 8.26. The average molecular weight is 412 g/mol. The number of nitrogens with zero attached hydrogens (tertiary/aromatic N) is 1. The number of carbonyl (C=O) groups excluding carboxylic acids is 2. The van der Waals surface area contributed by atoms with E-state index in [0.29, 0.717) is 10.5 Å². The largest absolute Gasteiger partial charge is 0.347 e. The van der Waals surface area contributed by atoms with Gasteiger partial charge in [0.25, 0.3) is 5.91 Å². The van der Waals surface area contributed by atoms with Crippen molar-refractivity contribution < 1.29 is 22.4 Å². The van der Waals surface area contributed by atoms with E-state index in [1.54, 1.807) is 6.08 Å². The fourth-order valence-corrected chi connectivity index (χ4v) is 4.90. The number of hydrogen-bond acceptors (Lipinski definition) is 6. The molecule has 0 radical (unpaired) electrons. The van der Waals surface area contributed by atoms with E-state index in [1.165, 1.54) is 30.3 Å². The summed E-state index contributed by atoms with van der Waals surface area (Å²) in [6.07, 6.45) is 2.97. The Morgan fingerprint density at radius 2 is 2.08 bits per heavy atom. The number of thioether (sulfide) groups is 1. The van der Waals surface area contributed by atoms with Crippen LogP contribution in [0.1, 0.15) is 5.56 Å². The van der Waals surface area contributed by atoms with E-state index in [1.807, 2.05) is 0 Å². The lowest BCUT2D eigenvalue weighted by atomic mass is 10.2. The van der Waals surface area contributed by atoms with Crippen LogP contribution >= 0.6 is 24.0 Å². The number of amides is 2. The Morgan fingerprint density at radius 1 is 1.38 bits per heavy atom. The van der Waals surface area contributed by atoms with Gasteiger partial charge < -0.3 is 5.32 Å². The van der Waals surface area contributed by atoms with Gasteiger partial charge in [0.2, 0.25) is 5.91 Å². The second kappa shape index (κ2) is 7.29. The van der Waals surface area contributed by atoms with Crippen LogP contribution in [0.25, 0.3) is 6.08 Å². The maximum absolute atomic E-state index is 13.0. The maximum Gasteiger partial charge on any atom is 0.266 e. The molecule has 1 N–H and O–H groups in total. The van der Waals surface area contributed by atoms with Crippen molar-refractivity contribution in [2.75, 3.05) is 12.3 Å². The summed E-state index contributed by atoms with van der Waals surface area (Å²) in [6.45, 7) is -0.296. The van der Waals surface area contributed by atoms with E-state index in [2.05, 4.69) is 5.32 Å². The highest BCUT2D eigenvalue weighted by Gasteiger charge is 2.34. The van der Waals surface area contributed by atoms with Crippen molar-refractivity contribution in [3.63, 3.8) is 0 Å². The third kappa shape index (κ3) is 4.37. The summed E-state index contributed by atoms with van der Waals surface area (Å²) in [5, 5.41) is 3.60. The first kappa shape index (κ1) is 18.7. The Hall–Kier alpha value is -2.04. The molecule has 0 spiro atoms. The molecule has 0 bridgehead atoms. The number of hydrogen-bond donors (Lipinski definition) is 1. The number of benzene rings is 1. The second-order valence-electron chi connectivity index (χ2n) is 5.65. The van der Waals surface area contributed by atoms with Crippen LogP contribution in [0.4, 0.5) is 4.39 Å². The first-order valence-corrected chi connectivity index (χ1v) is 10.4. The number of carbonyl (C=O) groups is 2. The van der Waals surface area contributed by atoms with Crippen LogP contribution in [0.3, 0.4) is 0 Å². The zero-order valence-corrected chi connectivity index (χ0v) is 15.7. The molecule has 1 atom stereocenters. The van der Waals surface area contributed by atoms with Crippen LogP contribution in [-0.2, 0) is 19.4 Å². The maximum atomic E-state index is 13.0. The molecule has 1 aromatic rings. The zero-order chi connectivity index (χ0) is 18.9. The molecular formula is C16H13FN2O4S3. The first-order valence-electron chi connectivity index (χ1n) is 7.45. The van der Waals surface area contributed by atoms with E-state index in [-0.39, 0.29) is 22.4 Å². The minimum Gasteiger partial charge on any atom is -0.347 e. The summed E-state index contributed by atoms with van der Waals surface area (Å²) >= 11 is 6.20. The van der Waals surface area contributed by atoms with E-state index in [9.17, 15) is 22.4 Å². The van der Waals surface area contributed by atoms with E-state index < -0.39 is 27.7 Å². The molecule has 2 heterocycles. The van der Waals surface area contributed by atoms with Crippen LogP contribution in [-0.4, -0.2) is 47.8 Å². The molecule has 3 rings (SSSR count). The van der Waals surface area contributed by atoms with Gasteiger partial charge in [-0.2, -0.15) is 0 Å². The van der Waals surface area contributed by atoms with Crippen molar-refractivity contribution in [3.8, 4) is 0 Å². The van der Waals surface area contributed by atoms with Gasteiger partial charge in [-0.1, -0.05) is 36.1 Å². The summed E-state index contributed by atoms with van der Waals surface area (Å²) in [6, 6.07) is 5.01. The van der Waals surface area contributed by atoms with E-state index >= 15 is 0 Å². The summed E-state index contributed by atoms with van der Waals surface area (Å²) in [4.78, 5) is 26.0. The minimum absolute atomic E-state index is 0.193. The van der Waals surface area contributed by atoms with Crippen LogP contribution < -0.4 is 5.32 Å². The Morgan fingerprint density at radius 3 is 2.69 bits per heavy atom. The van der Waals surface area contributed by atoms with E-state index in [0.717, 1.165) is 22.1 Å². The lowest BCUT2D eigenvalue weighted by Crippen LogP contribution is -2.43. The van der Waals surface area contributed by atoms with Gasteiger partial charge >= 0.3 is 0 Å². The predicted molar refractivity (Wildman–Crippen MR) is 101 cm³/mol. The van der Waals surface area contributed by atoms with Gasteiger partial charge in [-0.25, -0.2) is 12.8 Å². The quantitative estimate of drug-likeness (QED) is 0.595. The summed E-state index contributed by atoms with van der Waals surface area (Å²) in [7, 11) is -3.28. The number of sulfone groups is 1. The highest BCUT2D eigenvalue weighted by atomic mass is 32.2. The fraction of sp³-hybridized carbons (Fsp3) is 0.188. The SMILES string of the molecule is O=C(CN1C(=O)/C(=C/c2ccc(F)cc2)SC1=S)N[C@H]1C=CS(=O)(=O)C1. The third-order valence-corrected chi connectivity index (χ3v) is 6.39. The molecule has 0 unspecified atom stereocenters. The normalized spacial score (nSPS) is 23.0. The molecular weight excluding hydrogens is 399 g/mol. The molecule has 2 aliphatic heterocycles. The van der Waals surface area contributed by atoms with Gasteiger partial charge in [-0.3, -0.25) is 14.5 Å². The first-order chi connectivity index (χ1) is 12.2. The van der Waals surface area contributed by atoms with Crippen molar-refractivity contribution >= 4 is 56.0 Å². The smallest absolute Gasteiger partial charge is 0.266 e.